The maximum absolute atomic E-state index is 11.2. The number of esters is 1. The molecule has 1 rings (SSSR count). The van der Waals surface area contributed by atoms with Crippen molar-refractivity contribution in [2.45, 2.75) is 6.54 Å². The molecule has 4 nitrogen and oxygen atoms in total. The Morgan fingerprint density at radius 2 is 2.13 bits per heavy atom. The molecule has 0 fully saturated rings. The van der Waals surface area contributed by atoms with E-state index in [2.05, 4.69) is 10.1 Å². The standard InChI is InChI=1S/C11H14NO3/c1-12-7-9-5-4-8(11(13)15-3)6-10(9)14-2/h4-6H,7H2,1-3H3/q-1. The van der Waals surface area contributed by atoms with Crippen LogP contribution >= 0.6 is 0 Å². The third kappa shape index (κ3) is 2.70. The Kier molecular flexibility index (Phi) is 4.12. The molecule has 0 aliphatic carbocycles. The molecular formula is C11H14NO3-. The number of ether oxygens (including phenoxy) is 2. The van der Waals surface area contributed by atoms with Gasteiger partial charge in [-0.25, -0.2) is 4.79 Å². The van der Waals surface area contributed by atoms with Gasteiger partial charge in [0, 0.05) is 0 Å². The largest absolute Gasteiger partial charge is 0.661 e. The van der Waals surface area contributed by atoms with E-state index in [1.54, 1.807) is 26.3 Å². The van der Waals surface area contributed by atoms with Crippen LogP contribution < -0.4 is 4.74 Å². The van der Waals surface area contributed by atoms with Gasteiger partial charge in [-0.1, -0.05) is 6.07 Å². The number of methoxy groups -OCH3 is 2. The van der Waals surface area contributed by atoms with Crippen molar-refractivity contribution in [2.24, 2.45) is 0 Å². The van der Waals surface area contributed by atoms with Crippen molar-refractivity contribution in [1.82, 2.24) is 0 Å². The van der Waals surface area contributed by atoms with Gasteiger partial charge in [0.15, 0.2) is 0 Å². The monoisotopic (exact) mass is 208 g/mol. The lowest BCUT2D eigenvalue weighted by atomic mass is 10.1. The summed E-state index contributed by atoms with van der Waals surface area (Å²) in [5, 5.41) is 4.01. The number of carbonyl (C=O) groups excluding carboxylic acids is 1. The lowest BCUT2D eigenvalue weighted by molar-refractivity contribution is 0.0600. The summed E-state index contributed by atoms with van der Waals surface area (Å²) < 4.78 is 9.78. The highest BCUT2D eigenvalue weighted by molar-refractivity contribution is 5.89. The van der Waals surface area contributed by atoms with E-state index in [9.17, 15) is 4.79 Å². The van der Waals surface area contributed by atoms with Crippen molar-refractivity contribution in [3.05, 3.63) is 34.6 Å². The zero-order chi connectivity index (χ0) is 11.3. The van der Waals surface area contributed by atoms with Gasteiger partial charge in [-0.2, -0.15) is 7.05 Å². The van der Waals surface area contributed by atoms with E-state index in [1.165, 1.54) is 7.11 Å². The van der Waals surface area contributed by atoms with E-state index in [0.29, 0.717) is 17.9 Å². The van der Waals surface area contributed by atoms with E-state index in [4.69, 9.17) is 4.74 Å². The molecule has 0 bridgehead atoms. The lowest BCUT2D eigenvalue weighted by Gasteiger charge is -2.15. The molecule has 0 N–H and O–H groups in total. The molecule has 15 heavy (non-hydrogen) atoms. The Hall–Kier alpha value is -1.55. The third-order valence-electron chi connectivity index (χ3n) is 2.04. The normalized spacial score (nSPS) is 9.80. The first-order valence-electron chi connectivity index (χ1n) is 4.53. The van der Waals surface area contributed by atoms with Crippen LogP contribution in [0.15, 0.2) is 18.2 Å². The Morgan fingerprint density at radius 3 is 2.67 bits per heavy atom. The van der Waals surface area contributed by atoms with Gasteiger partial charge in [0.2, 0.25) is 0 Å². The maximum atomic E-state index is 11.2. The molecule has 0 saturated heterocycles. The Balaban J connectivity index is 3.01. The summed E-state index contributed by atoms with van der Waals surface area (Å²) in [7, 11) is 4.65. The van der Waals surface area contributed by atoms with Crippen LogP contribution in [0.5, 0.6) is 5.75 Å². The molecule has 1 aromatic rings. The smallest absolute Gasteiger partial charge is 0.337 e. The summed E-state index contributed by atoms with van der Waals surface area (Å²) in [6.45, 7) is 0.574. The Morgan fingerprint density at radius 1 is 1.40 bits per heavy atom. The van der Waals surface area contributed by atoms with E-state index in [0.717, 1.165) is 5.56 Å². The zero-order valence-corrected chi connectivity index (χ0v) is 9.11. The van der Waals surface area contributed by atoms with Crippen molar-refractivity contribution in [3.8, 4) is 5.75 Å². The molecule has 0 radical (unpaired) electrons. The van der Waals surface area contributed by atoms with Crippen molar-refractivity contribution < 1.29 is 14.3 Å². The van der Waals surface area contributed by atoms with Gasteiger partial charge in [-0.3, -0.25) is 0 Å². The van der Waals surface area contributed by atoms with Crippen molar-refractivity contribution in [3.63, 3.8) is 0 Å². The van der Waals surface area contributed by atoms with Crippen LogP contribution in [-0.4, -0.2) is 27.2 Å². The van der Waals surface area contributed by atoms with E-state index in [1.807, 2.05) is 6.07 Å². The molecule has 1 aromatic carbocycles. The fraction of sp³-hybridized carbons (Fsp3) is 0.364. The van der Waals surface area contributed by atoms with Gasteiger partial charge < -0.3 is 14.8 Å². The van der Waals surface area contributed by atoms with E-state index in [-0.39, 0.29) is 5.97 Å². The van der Waals surface area contributed by atoms with Gasteiger partial charge in [-0.15, -0.1) is 6.54 Å². The van der Waals surface area contributed by atoms with Gasteiger partial charge in [0.05, 0.1) is 19.8 Å². The summed E-state index contributed by atoms with van der Waals surface area (Å²) in [6, 6.07) is 5.18. The summed E-state index contributed by atoms with van der Waals surface area (Å²) in [4.78, 5) is 11.2. The Labute approximate surface area is 89.2 Å². The molecule has 0 amide bonds. The number of benzene rings is 1. The molecular weight excluding hydrogens is 194 g/mol. The highest BCUT2D eigenvalue weighted by Crippen LogP contribution is 2.22. The first kappa shape index (κ1) is 11.5. The fourth-order valence-corrected chi connectivity index (χ4v) is 1.29. The Bertz CT molecular complexity index is 350. The van der Waals surface area contributed by atoms with Gasteiger partial charge >= 0.3 is 5.97 Å². The topological polar surface area (TPSA) is 49.6 Å². The second kappa shape index (κ2) is 5.36. The summed E-state index contributed by atoms with van der Waals surface area (Å²) in [6.07, 6.45) is 0. The molecule has 0 heterocycles. The van der Waals surface area contributed by atoms with E-state index < -0.39 is 0 Å². The van der Waals surface area contributed by atoms with Crippen LogP contribution in [-0.2, 0) is 11.3 Å². The van der Waals surface area contributed by atoms with Crippen LogP contribution in [0.1, 0.15) is 15.9 Å². The quantitative estimate of drug-likeness (QED) is 0.711. The number of rotatable bonds is 4. The minimum Gasteiger partial charge on any atom is -0.661 e. The highest BCUT2D eigenvalue weighted by atomic mass is 16.5. The van der Waals surface area contributed by atoms with Crippen molar-refractivity contribution in [2.75, 3.05) is 21.3 Å². The van der Waals surface area contributed by atoms with Crippen LogP contribution in [0.25, 0.3) is 5.32 Å². The third-order valence-corrected chi connectivity index (χ3v) is 2.04. The molecule has 0 aliphatic heterocycles. The number of nitrogens with zero attached hydrogens (tertiary/aromatic N) is 1. The molecule has 0 unspecified atom stereocenters. The fourth-order valence-electron chi connectivity index (χ4n) is 1.29. The van der Waals surface area contributed by atoms with Gasteiger partial charge in [0.1, 0.15) is 5.75 Å². The lowest BCUT2D eigenvalue weighted by Crippen LogP contribution is -2.02. The molecule has 0 aromatic heterocycles. The van der Waals surface area contributed by atoms with Gasteiger partial charge in [0.25, 0.3) is 0 Å². The summed E-state index contributed by atoms with van der Waals surface area (Å²) in [5.41, 5.74) is 1.43. The second-order valence-electron chi connectivity index (χ2n) is 2.99. The molecule has 4 heteroatoms. The zero-order valence-electron chi connectivity index (χ0n) is 9.11. The van der Waals surface area contributed by atoms with Crippen LogP contribution in [0.3, 0.4) is 0 Å². The predicted octanol–water partition coefficient (Wildman–Crippen LogP) is 1.99. The van der Waals surface area contributed by atoms with Crippen LogP contribution in [0.2, 0.25) is 0 Å². The number of hydrogen-bond donors (Lipinski definition) is 0. The predicted molar refractivity (Wildman–Crippen MR) is 57.3 cm³/mol. The molecule has 0 atom stereocenters. The first-order valence-corrected chi connectivity index (χ1v) is 4.53. The number of carbonyl (C=O) groups is 1. The minimum absolute atomic E-state index is 0.367. The average molecular weight is 208 g/mol. The molecule has 0 spiro atoms. The minimum atomic E-state index is -0.367. The average Bonchev–Trinajstić information content (AvgIpc) is 2.29. The molecule has 82 valence electrons. The number of hydrogen-bond acceptors (Lipinski definition) is 3. The summed E-state index contributed by atoms with van der Waals surface area (Å²) >= 11 is 0. The second-order valence-corrected chi connectivity index (χ2v) is 2.99. The van der Waals surface area contributed by atoms with Crippen molar-refractivity contribution >= 4 is 5.97 Å². The molecule has 0 saturated carbocycles. The SMILES string of the molecule is C[N-]Cc1ccc(C(=O)OC)cc1OC. The van der Waals surface area contributed by atoms with E-state index >= 15 is 0 Å². The van der Waals surface area contributed by atoms with Crippen LogP contribution in [0, 0.1) is 0 Å². The van der Waals surface area contributed by atoms with Crippen LogP contribution in [0.4, 0.5) is 0 Å². The first-order chi connectivity index (χ1) is 7.22. The summed E-state index contributed by atoms with van der Waals surface area (Å²) in [5.74, 6) is 0.289. The highest BCUT2D eigenvalue weighted by Gasteiger charge is 2.08. The van der Waals surface area contributed by atoms with Gasteiger partial charge in [-0.05, 0) is 17.7 Å². The van der Waals surface area contributed by atoms with Crippen molar-refractivity contribution in [1.29, 1.82) is 0 Å². The maximum Gasteiger partial charge on any atom is 0.337 e. The molecule has 0 aliphatic rings.